The third-order valence-corrected chi connectivity index (χ3v) is 3.04. The standard InChI is InChI=1S/C13H17N3O6/c1-21-9-5-7(13(19)20)6-10(22-2)11(9)12(18)8(17)3-4-15-16-14/h5-6,8,12,17-18H,3-4H2,1-2H3,(H,19,20). The number of benzene rings is 1. The largest absolute Gasteiger partial charge is 0.496 e. The number of rotatable bonds is 8. The van der Waals surface area contributed by atoms with Crippen LogP contribution in [0.2, 0.25) is 0 Å². The number of aliphatic hydroxyl groups excluding tert-OH is 2. The summed E-state index contributed by atoms with van der Waals surface area (Å²) in [6.45, 7) is 0.00651. The Bertz CT molecular complexity index is 560. The van der Waals surface area contributed by atoms with E-state index in [4.69, 9.17) is 20.1 Å². The minimum absolute atomic E-state index is 0.00651. The van der Waals surface area contributed by atoms with Gasteiger partial charge in [-0.1, -0.05) is 5.11 Å². The van der Waals surface area contributed by atoms with E-state index in [1.165, 1.54) is 26.4 Å². The molecule has 2 unspecified atom stereocenters. The summed E-state index contributed by atoms with van der Waals surface area (Å²) in [5, 5.41) is 32.5. The summed E-state index contributed by atoms with van der Waals surface area (Å²) in [5.41, 5.74) is 8.25. The van der Waals surface area contributed by atoms with E-state index < -0.39 is 18.2 Å². The highest BCUT2D eigenvalue weighted by Gasteiger charge is 2.27. The van der Waals surface area contributed by atoms with Crippen LogP contribution in [-0.4, -0.2) is 48.2 Å². The Balaban J connectivity index is 3.20. The van der Waals surface area contributed by atoms with Crippen molar-refractivity contribution in [1.82, 2.24) is 0 Å². The van der Waals surface area contributed by atoms with Crippen LogP contribution in [-0.2, 0) is 0 Å². The maximum atomic E-state index is 11.1. The third kappa shape index (κ3) is 4.01. The van der Waals surface area contributed by atoms with Crippen molar-refractivity contribution in [3.05, 3.63) is 33.7 Å². The van der Waals surface area contributed by atoms with Crippen molar-refractivity contribution in [1.29, 1.82) is 0 Å². The van der Waals surface area contributed by atoms with Crippen LogP contribution in [0.4, 0.5) is 0 Å². The van der Waals surface area contributed by atoms with Crippen LogP contribution in [0.5, 0.6) is 11.5 Å². The highest BCUT2D eigenvalue weighted by atomic mass is 16.5. The normalized spacial score (nSPS) is 12.9. The summed E-state index contributed by atoms with van der Waals surface area (Å²) in [5.74, 6) is -1.03. The molecule has 0 radical (unpaired) electrons. The molecule has 0 aliphatic rings. The van der Waals surface area contributed by atoms with Gasteiger partial charge in [-0.3, -0.25) is 0 Å². The molecule has 2 atom stereocenters. The first-order chi connectivity index (χ1) is 10.5. The van der Waals surface area contributed by atoms with Crippen LogP contribution in [0.15, 0.2) is 17.2 Å². The van der Waals surface area contributed by atoms with Gasteiger partial charge < -0.3 is 24.8 Å². The minimum Gasteiger partial charge on any atom is -0.496 e. The SMILES string of the molecule is COc1cc(C(=O)O)cc(OC)c1C(O)C(O)CCN=[N+]=[N-]. The number of azide groups is 1. The average Bonchev–Trinajstić information content (AvgIpc) is 2.52. The quantitative estimate of drug-likeness (QED) is 0.377. The zero-order chi connectivity index (χ0) is 16.7. The van der Waals surface area contributed by atoms with Gasteiger partial charge in [0.2, 0.25) is 0 Å². The second-order valence-electron chi connectivity index (χ2n) is 4.35. The highest BCUT2D eigenvalue weighted by Crippen LogP contribution is 2.37. The maximum Gasteiger partial charge on any atom is 0.335 e. The fourth-order valence-corrected chi connectivity index (χ4v) is 1.94. The van der Waals surface area contributed by atoms with Crippen molar-refractivity contribution in [2.24, 2.45) is 5.11 Å². The van der Waals surface area contributed by atoms with E-state index in [2.05, 4.69) is 10.0 Å². The topological polar surface area (TPSA) is 145 Å². The van der Waals surface area contributed by atoms with Gasteiger partial charge in [-0.2, -0.15) is 0 Å². The molecule has 0 saturated heterocycles. The lowest BCUT2D eigenvalue weighted by atomic mass is 9.98. The lowest BCUT2D eigenvalue weighted by molar-refractivity contribution is 0.0123. The number of hydrogen-bond donors (Lipinski definition) is 3. The zero-order valence-corrected chi connectivity index (χ0v) is 12.1. The maximum absolute atomic E-state index is 11.1. The third-order valence-electron chi connectivity index (χ3n) is 3.04. The number of carboxylic acid groups (broad SMARTS) is 1. The van der Waals surface area contributed by atoms with Crippen molar-refractivity contribution in [3.63, 3.8) is 0 Å². The van der Waals surface area contributed by atoms with Crippen molar-refractivity contribution < 1.29 is 29.6 Å². The van der Waals surface area contributed by atoms with Crippen LogP contribution in [0.1, 0.15) is 28.4 Å². The van der Waals surface area contributed by atoms with E-state index in [0.29, 0.717) is 0 Å². The van der Waals surface area contributed by atoms with Gasteiger partial charge in [0.1, 0.15) is 17.6 Å². The summed E-state index contributed by atoms with van der Waals surface area (Å²) in [6.07, 6.45) is -2.59. The van der Waals surface area contributed by atoms with Crippen LogP contribution >= 0.6 is 0 Å². The fourth-order valence-electron chi connectivity index (χ4n) is 1.94. The van der Waals surface area contributed by atoms with E-state index in [1.54, 1.807) is 0 Å². The van der Waals surface area contributed by atoms with Gasteiger partial charge >= 0.3 is 5.97 Å². The molecule has 0 spiro atoms. The second-order valence-corrected chi connectivity index (χ2v) is 4.35. The summed E-state index contributed by atoms with van der Waals surface area (Å²) >= 11 is 0. The van der Waals surface area contributed by atoms with Crippen molar-refractivity contribution >= 4 is 5.97 Å². The van der Waals surface area contributed by atoms with Gasteiger partial charge in [0.25, 0.3) is 0 Å². The number of aromatic carboxylic acids is 1. The predicted octanol–water partition coefficient (Wildman–Crippen LogP) is 1.50. The van der Waals surface area contributed by atoms with E-state index >= 15 is 0 Å². The molecule has 22 heavy (non-hydrogen) atoms. The summed E-state index contributed by atoms with van der Waals surface area (Å²) in [6, 6.07) is 2.45. The van der Waals surface area contributed by atoms with Gasteiger partial charge in [0.05, 0.1) is 31.5 Å². The van der Waals surface area contributed by atoms with Gasteiger partial charge in [0.15, 0.2) is 0 Å². The van der Waals surface area contributed by atoms with Crippen molar-refractivity contribution in [3.8, 4) is 11.5 Å². The Morgan fingerprint density at radius 2 is 1.86 bits per heavy atom. The van der Waals surface area contributed by atoms with Gasteiger partial charge in [-0.15, -0.1) is 0 Å². The molecule has 9 heteroatoms. The molecule has 1 aromatic rings. The number of methoxy groups -OCH3 is 2. The molecule has 0 saturated carbocycles. The molecule has 3 N–H and O–H groups in total. The second kappa shape index (κ2) is 8.08. The number of ether oxygens (including phenoxy) is 2. The van der Waals surface area contributed by atoms with Crippen molar-refractivity contribution in [2.75, 3.05) is 20.8 Å². The molecule has 0 aromatic heterocycles. The lowest BCUT2D eigenvalue weighted by Crippen LogP contribution is -2.20. The zero-order valence-electron chi connectivity index (χ0n) is 12.1. The molecular weight excluding hydrogens is 294 g/mol. The van der Waals surface area contributed by atoms with Gasteiger partial charge in [-0.05, 0) is 24.1 Å². The molecule has 0 aliphatic carbocycles. The Hall–Kier alpha value is -2.48. The first-order valence-corrected chi connectivity index (χ1v) is 6.32. The smallest absolute Gasteiger partial charge is 0.335 e. The molecule has 9 nitrogen and oxygen atoms in total. The number of carbonyl (C=O) groups is 1. The summed E-state index contributed by atoms with van der Waals surface area (Å²) in [7, 11) is 2.62. The van der Waals surface area contributed by atoms with Crippen LogP contribution < -0.4 is 9.47 Å². The Labute approximate surface area is 126 Å². The van der Waals surface area contributed by atoms with E-state index in [9.17, 15) is 15.0 Å². The number of carboxylic acids is 1. The molecule has 1 rings (SSSR count). The molecule has 0 heterocycles. The van der Waals surface area contributed by atoms with E-state index in [1.807, 2.05) is 0 Å². The Morgan fingerprint density at radius 3 is 2.27 bits per heavy atom. The van der Waals surface area contributed by atoms with Crippen LogP contribution in [0.25, 0.3) is 10.4 Å². The molecule has 0 bridgehead atoms. The molecule has 0 amide bonds. The molecule has 0 aliphatic heterocycles. The molecule has 0 fully saturated rings. The van der Waals surface area contributed by atoms with Crippen molar-refractivity contribution in [2.45, 2.75) is 18.6 Å². The number of nitrogens with zero attached hydrogens (tertiary/aromatic N) is 3. The highest BCUT2D eigenvalue weighted by molar-refractivity contribution is 5.89. The number of aliphatic hydroxyl groups is 2. The average molecular weight is 311 g/mol. The molecule has 1 aromatic carbocycles. The fraction of sp³-hybridized carbons (Fsp3) is 0.462. The Kier molecular flexibility index (Phi) is 6.46. The summed E-state index contributed by atoms with van der Waals surface area (Å²) < 4.78 is 10.2. The summed E-state index contributed by atoms with van der Waals surface area (Å²) in [4.78, 5) is 13.6. The first-order valence-electron chi connectivity index (χ1n) is 6.32. The predicted molar refractivity (Wildman–Crippen MR) is 76.1 cm³/mol. The van der Waals surface area contributed by atoms with Crippen LogP contribution in [0, 0.1) is 0 Å². The van der Waals surface area contributed by atoms with Gasteiger partial charge in [-0.25, -0.2) is 4.79 Å². The lowest BCUT2D eigenvalue weighted by Gasteiger charge is -2.22. The minimum atomic E-state index is -1.39. The van der Waals surface area contributed by atoms with E-state index in [-0.39, 0.29) is 35.6 Å². The van der Waals surface area contributed by atoms with Gasteiger partial charge in [0, 0.05) is 11.5 Å². The monoisotopic (exact) mass is 311 g/mol. The molecular formula is C13H17N3O6. The van der Waals surface area contributed by atoms with E-state index in [0.717, 1.165) is 0 Å². The molecule has 120 valence electrons. The number of hydrogen-bond acceptors (Lipinski definition) is 6. The van der Waals surface area contributed by atoms with Crippen LogP contribution in [0.3, 0.4) is 0 Å². The Morgan fingerprint density at radius 1 is 1.32 bits per heavy atom. The first kappa shape index (κ1) is 17.6.